The van der Waals surface area contributed by atoms with E-state index in [-0.39, 0.29) is 5.56 Å². The van der Waals surface area contributed by atoms with E-state index in [1.807, 2.05) is 13.8 Å². The van der Waals surface area contributed by atoms with Crippen LogP contribution in [0.4, 0.5) is 17.6 Å². The van der Waals surface area contributed by atoms with Crippen molar-refractivity contribution in [2.45, 2.75) is 44.5 Å². The molecule has 21 heavy (non-hydrogen) atoms. The Morgan fingerprint density at radius 3 is 2.19 bits per heavy atom. The van der Waals surface area contributed by atoms with Gasteiger partial charge in [0.25, 0.3) is 0 Å². The molecular weight excluding hydrogens is 288 g/mol. The van der Waals surface area contributed by atoms with Gasteiger partial charge in [-0.2, -0.15) is 13.2 Å². The summed E-state index contributed by atoms with van der Waals surface area (Å²) in [6.45, 7) is 3.71. The molecule has 120 valence electrons. The average molecular weight is 308 g/mol. The SMILES string of the molecule is CCC(CC)(OC)C(NN)c1ccc(F)c(C(F)(F)F)c1. The van der Waals surface area contributed by atoms with Crippen molar-refractivity contribution >= 4 is 0 Å². The van der Waals surface area contributed by atoms with Gasteiger partial charge < -0.3 is 4.74 Å². The molecule has 1 aromatic rings. The van der Waals surface area contributed by atoms with Gasteiger partial charge in [-0.3, -0.25) is 11.3 Å². The normalized spacial score (nSPS) is 14.3. The molecule has 0 amide bonds. The third kappa shape index (κ3) is 3.53. The number of nitrogens with two attached hydrogens (primary N) is 1. The summed E-state index contributed by atoms with van der Waals surface area (Å²) in [7, 11) is 1.48. The monoisotopic (exact) mass is 308 g/mol. The average Bonchev–Trinajstić information content (AvgIpc) is 2.45. The molecule has 0 aliphatic rings. The van der Waals surface area contributed by atoms with Gasteiger partial charge in [0, 0.05) is 7.11 Å². The first-order valence-electron chi connectivity index (χ1n) is 6.63. The second-order valence-corrected chi connectivity index (χ2v) is 4.81. The van der Waals surface area contributed by atoms with Crippen LogP contribution in [0.15, 0.2) is 18.2 Å². The summed E-state index contributed by atoms with van der Waals surface area (Å²) in [5.74, 6) is 4.20. The molecule has 0 spiro atoms. The van der Waals surface area contributed by atoms with Crippen LogP contribution in [0.3, 0.4) is 0 Å². The number of benzene rings is 1. The molecular formula is C14H20F4N2O. The molecule has 3 N–H and O–H groups in total. The number of halogens is 4. The number of rotatable bonds is 6. The van der Waals surface area contributed by atoms with E-state index >= 15 is 0 Å². The topological polar surface area (TPSA) is 47.3 Å². The van der Waals surface area contributed by atoms with Crippen molar-refractivity contribution in [1.29, 1.82) is 0 Å². The van der Waals surface area contributed by atoms with Crippen LogP contribution >= 0.6 is 0 Å². The summed E-state index contributed by atoms with van der Waals surface area (Å²) < 4.78 is 57.3. The van der Waals surface area contributed by atoms with Crippen molar-refractivity contribution in [3.05, 3.63) is 35.1 Å². The molecule has 0 aromatic heterocycles. The summed E-state index contributed by atoms with van der Waals surface area (Å²) in [6.07, 6.45) is -3.69. The third-order valence-electron chi connectivity index (χ3n) is 3.93. The Hall–Kier alpha value is -1.18. The second-order valence-electron chi connectivity index (χ2n) is 4.81. The van der Waals surface area contributed by atoms with E-state index in [1.54, 1.807) is 0 Å². The van der Waals surface area contributed by atoms with Crippen LogP contribution in [-0.4, -0.2) is 12.7 Å². The zero-order valence-electron chi connectivity index (χ0n) is 12.2. The highest BCUT2D eigenvalue weighted by molar-refractivity contribution is 5.31. The van der Waals surface area contributed by atoms with Crippen molar-refractivity contribution in [3.8, 4) is 0 Å². The van der Waals surface area contributed by atoms with E-state index in [2.05, 4.69) is 5.43 Å². The second kappa shape index (κ2) is 6.72. The van der Waals surface area contributed by atoms with Crippen LogP contribution in [0, 0.1) is 5.82 Å². The molecule has 7 heteroatoms. The molecule has 0 heterocycles. The first kappa shape index (κ1) is 17.9. The molecule has 3 nitrogen and oxygen atoms in total. The first-order chi connectivity index (χ1) is 9.75. The van der Waals surface area contributed by atoms with Crippen molar-refractivity contribution in [2.24, 2.45) is 5.84 Å². The van der Waals surface area contributed by atoms with Crippen molar-refractivity contribution in [3.63, 3.8) is 0 Å². The summed E-state index contributed by atoms with van der Waals surface area (Å²) in [6, 6.07) is 2.18. The van der Waals surface area contributed by atoms with E-state index in [1.165, 1.54) is 13.2 Å². The van der Waals surface area contributed by atoms with Gasteiger partial charge in [-0.05, 0) is 30.5 Å². The van der Waals surface area contributed by atoms with Gasteiger partial charge in [-0.1, -0.05) is 19.9 Å². The zero-order chi connectivity index (χ0) is 16.3. The van der Waals surface area contributed by atoms with E-state index in [9.17, 15) is 17.6 Å². The van der Waals surface area contributed by atoms with Gasteiger partial charge in [0.1, 0.15) is 5.82 Å². The summed E-state index contributed by atoms with van der Waals surface area (Å²) >= 11 is 0. The standard InChI is InChI=1S/C14H20F4N2O/c1-4-13(5-2,21-3)12(20-19)9-6-7-11(15)10(8-9)14(16,17)18/h6-8,12,20H,4-5,19H2,1-3H3. The Balaban J connectivity index is 3.36. The Bertz CT molecular complexity index is 464. The Labute approximate surface area is 121 Å². The number of alkyl halides is 3. The number of hydrazine groups is 1. The number of hydrogen-bond acceptors (Lipinski definition) is 3. The Morgan fingerprint density at radius 1 is 1.24 bits per heavy atom. The molecule has 1 rings (SSSR count). The number of ether oxygens (including phenoxy) is 1. The van der Waals surface area contributed by atoms with Crippen LogP contribution in [0.1, 0.15) is 43.9 Å². The fourth-order valence-corrected chi connectivity index (χ4v) is 2.56. The van der Waals surface area contributed by atoms with Crippen LogP contribution < -0.4 is 11.3 Å². The quantitative estimate of drug-likeness (QED) is 0.480. The molecule has 0 fully saturated rings. The molecule has 1 unspecified atom stereocenters. The van der Waals surface area contributed by atoms with Crippen molar-refractivity contribution < 1.29 is 22.3 Å². The molecule has 0 saturated carbocycles. The molecule has 0 aliphatic carbocycles. The lowest BCUT2D eigenvalue weighted by Crippen LogP contribution is -2.47. The molecule has 1 aromatic carbocycles. The summed E-state index contributed by atoms with van der Waals surface area (Å²) in [5, 5.41) is 0. The summed E-state index contributed by atoms with van der Waals surface area (Å²) in [5.41, 5.74) is 0.652. The number of nitrogens with one attached hydrogen (secondary N) is 1. The highest BCUT2D eigenvalue weighted by atomic mass is 19.4. The van der Waals surface area contributed by atoms with Gasteiger partial charge in [-0.25, -0.2) is 4.39 Å². The number of hydrogen-bond donors (Lipinski definition) is 2. The first-order valence-corrected chi connectivity index (χ1v) is 6.63. The molecule has 0 saturated heterocycles. The van der Waals surface area contributed by atoms with Gasteiger partial charge in [0.05, 0.1) is 17.2 Å². The Kier molecular flexibility index (Phi) is 5.72. The molecule has 0 bridgehead atoms. The highest BCUT2D eigenvalue weighted by Gasteiger charge is 2.39. The number of methoxy groups -OCH3 is 1. The van der Waals surface area contributed by atoms with Crippen LogP contribution in [0.2, 0.25) is 0 Å². The molecule has 0 aliphatic heterocycles. The van der Waals surface area contributed by atoms with Crippen molar-refractivity contribution in [1.82, 2.24) is 5.43 Å². The predicted octanol–water partition coefficient (Wildman–Crippen LogP) is 3.55. The van der Waals surface area contributed by atoms with Crippen LogP contribution in [0.25, 0.3) is 0 Å². The zero-order valence-corrected chi connectivity index (χ0v) is 12.2. The highest BCUT2D eigenvalue weighted by Crippen LogP contribution is 2.38. The van der Waals surface area contributed by atoms with E-state index in [4.69, 9.17) is 10.6 Å². The van der Waals surface area contributed by atoms with Crippen molar-refractivity contribution in [2.75, 3.05) is 7.11 Å². The van der Waals surface area contributed by atoms with Gasteiger partial charge in [-0.15, -0.1) is 0 Å². The lowest BCUT2D eigenvalue weighted by Gasteiger charge is -2.38. The third-order valence-corrected chi connectivity index (χ3v) is 3.93. The minimum absolute atomic E-state index is 0.233. The fourth-order valence-electron chi connectivity index (χ4n) is 2.56. The lowest BCUT2D eigenvalue weighted by atomic mass is 9.83. The predicted molar refractivity (Wildman–Crippen MR) is 71.8 cm³/mol. The summed E-state index contributed by atoms with van der Waals surface area (Å²) in [4.78, 5) is 0. The Morgan fingerprint density at radius 2 is 1.81 bits per heavy atom. The van der Waals surface area contributed by atoms with Gasteiger partial charge in [0.2, 0.25) is 0 Å². The van der Waals surface area contributed by atoms with Gasteiger partial charge in [0.15, 0.2) is 0 Å². The molecule has 0 radical (unpaired) electrons. The van der Waals surface area contributed by atoms with Crippen LogP contribution in [0.5, 0.6) is 0 Å². The maximum absolute atomic E-state index is 13.4. The maximum atomic E-state index is 13.4. The molecule has 1 atom stereocenters. The minimum atomic E-state index is -4.76. The maximum Gasteiger partial charge on any atom is 0.419 e. The fraction of sp³-hybridized carbons (Fsp3) is 0.571. The van der Waals surface area contributed by atoms with E-state index in [0.717, 1.165) is 12.1 Å². The minimum Gasteiger partial charge on any atom is -0.376 e. The van der Waals surface area contributed by atoms with E-state index < -0.39 is 29.2 Å². The smallest absolute Gasteiger partial charge is 0.376 e. The van der Waals surface area contributed by atoms with E-state index in [0.29, 0.717) is 12.8 Å². The van der Waals surface area contributed by atoms with Crippen LogP contribution in [-0.2, 0) is 10.9 Å². The lowest BCUT2D eigenvalue weighted by molar-refractivity contribution is -0.140. The van der Waals surface area contributed by atoms with Gasteiger partial charge >= 0.3 is 6.18 Å². The largest absolute Gasteiger partial charge is 0.419 e.